The first-order valence-electron chi connectivity index (χ1n) is 16.2. The molecule has 1 unspecified atom stereocenters. The van der Waals surface area contributed by atoms with E-state index in [2.05, 4.69) is 150 Å². The minimum absolute atomic E-state index is 0.0434. The summed E-state index contributed by atoms with van der Waals surface area (Å²) in [5, 5.41) is 2.99. The van der Waals surface area contributed by atoms with E-state index in [1.165, 1.54) is 69.3 Å². The van der Waals surface area contributed by atoms with E-state index in [9.17, 15) is 0 Å². The van der Waals surface area contributed by atoms with Crippen molar-refractivity contribution in [2.45, 2.75) is 50.1 Å². The van der Waals surface area contributed by atoms with Crippen molar-refractivity contribution in [2.24, 2.45) is 5.92 Å². The molecular formula is C41H40Cl2SiZr. The maximum atomic E-state index is 8.01. The quantitative estimate of drug-likeness (QED) is 0.150. The molecule has 0 spiro atoms. The molecule has 226 valence electrons. The number of fused-ring (bicyclic) bond motifs is 4. The van der Waals surface area contributed by atoms with Crippen molar-refractivity contribution in [1.82, 2.24) is 0 Å². The molecule has 1 heterocycles. The van der Waals surface area contributed by atoms with Gasteiger partial charge in [0.1, 0.15) is 0 Å². The number of allylic oxidation sites excluding steroid dienone is 1. The van der Waals surface area contributed by atoms with Gasteiger partial charge in [-0.2, -0.15) is 0 Å². The number of rotatable bonds is 6. The Morgan fingerprint density at radius 3 is 2.07 bits per heavy atom. The van der Waals surface area contributed by atoms with Crippen LogP contribution < -0.4 is 13.6 Å². The zero-order chi connectivity index (χ0) is 31.5. The molecule has 0 saturated heterocycles. The third kappa shape index (κ3) is 5.51. The summed E-state index contributed by atoms with van der Waals surface area (Å²) in [6.45, 7) is 11.6. The van der Waals surface area contributed by atoms with Gasteiger partial charge in [0.2, 0.25) is 0 Å². The van der Waals surface area contributed by atoms with Crippen LogP contribution in [0, 0.1) is 5.92 Å². The second-order valence-corrected chi connectivity index (χ2v) is 30.0. The van der Waals surface area contributed by atoms with Crippen molar-refractivity contribution in [3.8, 4) is 33.4 Å². The van der Waals surface area contributed by atoms with Crippen molar-refractivity contribution in [3.63, 3.8) is 0 Å². The summed E-state index contributed by atoms with van der Waals surface area (Å²) < 4.78 is 1.37. The first-order valence-corrected chi connectivity index (χ1v) is 26.6. The molecule has 0 bridgehead atoms. The van der Waals surface area contributed by atoms with Gasteiger partial charge < -0.3 is 0 Å². The molecule has 1 aliphatic carbocycles. The Morgan fingerprint density at radius 2 is 1.36 bits per heavy atom. The molecule has 1 atom stereocenters. The van der Waals surface area contributed by atoms with Gasteiger partial charge in [-0.3, -0.25) is 0 Å². The Balaban J connectivity index is 1.46. The van der Waals surface area contributed by atoms with Crippen LogP contribution in [-0.4, -0.2) is 9.52 Å². The van der Waals surface area contributed by atoms with E-state index >= 15 is 0 Å². The Hall–Kier alpha value is -2.48. The van der Waals surface area contributed by atoms with Crippen molar-refractivity contribution >= 4 is 46.3 Å². The third-order valence-electron chi connectivity index (χ3n) is 9.60. The first kappa shape index (κ1) is 31.1. The molecule has 5 aromatic carbocycles. The molecule has 4 heteroatoms. The van der Waals surface area contributed by atoms with Gasteiger partial charge in [0, 0.05) is 0 Å². The SMILES string of the molecule is CC(C)CC1=Cc2c(ccc(C(C)(C)C)c2-c2ccccc2-c2ccccc2)[CH]1[Zr]([Cl])([Cl])[c]1cccc2c1[SiH2]c1ccccc1-2. The van der Waals surface area contributed by atoms with Crippen LogP contribution in [0.1, 0.15) is 61.4 Å². The monoisotopic (exact) mass is 720 g/mol. The predicted molar refractivity (Wildman–Crippen MR) is 197 cm³/mol. The van der Waals surface area contributed by atoms with Crippen LogP contribution >= 0.6 is 17.0 Å². The van der Waals surface area contributed by atoms with E-state index in [4.69, 9.17) is 17.0 Å². The van der Waals surface area contributed by atoms with Crippen LogP contribution in [0.15, 0.2) is 115 Å². The van der Waals surface area contributed by atoms with E-state index in [0.717, 1.165) is 6.42 Å². The Kier molecular flexibility index (Phi) is 8.27. The first-order chi connectivity index (χ1) is 21.6. The Labute approximate surface area is 282 Å². The molecule has 0 aromatic heterocycles. The van der Waals surface area contributed by atoms with Crippen molar-refractivity contribution in [3.05, 3.63) is 131 Å². The average Bonchev–Trinajstić information content (AvgIpc) is 3.58. The molecule has 0 nitrogen and oxygen atoms in total. The Morgan fingerprint density at radius 1 is 0.711 bits per heavy atom. The predicted octanol–water partition coefficient (Wildman–Crippen LogP) is 9.69. The summed E-state index contributed by atoms with van der Waals surface area (Å²) in [6, 6.07) is 40.2. The van der Waals surface area contributed by atoms with Gasteiger partial charge in [0.15, 0.2) is 0 Å². The van der Waals surface area contributed by atoms with E-state index in [-0.39, 0.29) is 9.04 Å². The summed E-state index contributed by atoms with van der Waals surface area (Å²) in [6.07, 6.45) is 3.49. The average molecular weight is 723 g/mol. The van der Waals surface area contributed by atoms with Crippen LogP contribution in [0.3, 0.4) is 0 Å². The van der Waals surface area contributed by atoms with Crippen LogP contribution in [-0.2, 0) is 23.3 Å². The Bertz CT molecular complexity index is 1950. The van der Waals surface area contributed by atoms with Gasteiger partial charge in [-0.25, -0.2) is 0 Å². The number of hydrogen-bond donors (Lipinski definition) is 0. The van der Waals surface area contributed by atoms with Crippen LogP contribution in [0.5, 0.6) is 0 Å². The molecule has 45 heavy (non-hydrogen) atoms. The molecule has 7 rings (SSSR count). The molecule has 0 radical (unpaired) electrons. The second kappa shape index (κ2) is 12.0. The number of hydrogen-bond acceptors (Lipinski definition) is 0. The fraction of sp³-hybridized carbons (Fsp3) is 0.220. The van der Waals surface area contributed by atoms with Gasteiger partial charge in [-0.15, -0.1) is 0 Å². The van der Waals surface area contributed by atoms with E-state index in [1.807, 2.05) is 0 Å². The van der Waals surface area contributed by atoms with Gasteiger partial charge in [0.25, 0.3) is 0 Å². The van der Waals surface area contributed by atoms with E-state index < -0.39 is 27.4 Å². The summed E-state index contributed by atoms with van der Waals surface area (Å²) >= 11 is -4.09. The minimum atomic E-state index is -4.09. The fourth-order valence-electron chi connectivity index (χ4n) is 7.70. The summed E-state index contributed by atoms with van der Waals surface area (Å²) in [7, 11) is 15.4. The van der Waals surface area contributed by atoms with Gasteiger partial charge in [-0.1, -0.05) is 0 Å². The standard InChI is InChI=1S/C29H31.C12H9Si.2ClH.Zr/c1-20(2)17-21-18-23-15-16-27(29(3,4)5)28(26(23)19-21)25-14-10-9-13-24(25)22-11-7-6-8-12-22;1-3-7-11-9(5-1)10-6-2-4-8-12(10)13-11;;;/h6-16,18-20H,17H2,1-5H3;1-7H,13H2;2*1H;/q;;;;+2/p-2. The van der Waals surface area contributed by atoms with Gasteiger partial charge in [0.05, 0.1) is 0 Å². The fourth-order valence-corrected chi connectivity index (χ4v) is 24.5. The third-order valence-corrected chi connectivity index (χ3v) is 23.9. The van der Waals surface area contributed by atoms with Crippen LogP contribution in [0.4, 0.5) is 0 Å². The normalized spacial score (nSPS) is 16.1. The topological polar surface area (TPSA) is 0 Å². The van der Waals surface area contributed by atoms with E-state index in [1.54, 1.807) is 0 Å². The summed E-state index contributed by atoms with van der Waals surface area (Å²) in [4.78, 5) is 0. The van der Waals surface area contributed by atoms with Crippen LogP contribution in [0.2, 0.25) is 0 Å². The van der Waals surface area contributed by atoms with Gasteiger partial charge in [-0.05, 0) is 0 Å². The maximum absolute atomic E-state index is 8.01. The van der Waals surface area contributed by atoms with Gasteiger partial charge >= 0.3 is 285 Å². The summed E-state index contributed by atoms with van der Waals surface area (Å²) in [5.41, 5.74) is 13.2. The zero-order valence-electron chi connectivity index (χ0n) is 26.8. The number of halogens is 2. The number of benzene rings is 5. The summed E-state index contributed by atoms with van der Waals surface area (Å²) in [5.74, 6) is 0.505. The molecular weight excluding hydrogens is 683 g/mol. The molecule has 0 amide bonds. The van der Waals surface area contributed by atoms with Crippen molar-refractivity contribution < 1.29 is 17.9 Å². The molecule has 0 saturated carbocycles. The molecule has 1 aliphatic heterocycles. The van der Waals surface area contributed by atoms with Crippen LogP contribution in [0.25, 0.3) is 39.5 Å². The molecule has 5 aromatic rings. The molecule has 0 N–H and O–H groups in total. The van der Waals surface area contributed by atoms with E-state index in [0.29, 0.717) is 5.92 Å². The molecule has 0 fully saturated rings. The zero-order valence-corrected chi connectivity index (χ0v) is 32.2. The second-order valence-electron chi connectivity index (χ2n) is 14.2. The van der Waals surface area contributed by atoms with Crippen molar-refractivity contribution in [1.29, 1.82) is 0 Å². The van der Waals surface area contributed by atoms with Crippen molar-refractivity contribution in [2.75, 3.05) is 0 Å². The molecule has 2 aliphatic rings.